The second-order valence-corrected chi connectivity index (χ2v) is 3.59. The summed E-state index contributed by atoms with van der Waals surface area (Å²) >= 11 is 0. The minimum atomic E-state index is 0.678. The van der Waals surface area contributed by atoms with Gasteiger partial charge in [-0.2, -0.15) is 0 Å². The quantitative estimate of drug-likeness (QED) is 0.537. The Morgan fingerprint density at radius 3 is 2.27 bits per heavy atom. The lowest BCUT2D eigenvalue weighted by molar-refractivity contribution is 0.462. The first-order chi connectivity index (χ1) is 5.07. The summed E-state index contributed by atoms with van der Waals surface area (Å²) < 4.78 is 0. The van der Waals surface area contributed by atoms with E-state index in [0.29, 0.717) is 5.92 Å². The predicted molar refractivity (Wildman–Crippen MR) is 52.6 cm³/mol. The van der Waals surface area contributed by atoms with Gasteiger partial charge < -0.3 is 0 Å². The second-order valence-electron chi connectivity index (χ2n) is 3.59. The van der Waals surface area contributed by atoms with Crippen molar-refractivity contribution in [3.63, 3.8) is 0 Å². The van der Waals surface area contributed by atoms with Crippen LogP contribution in [-0.2, 0) is 0 Å². The van der Waals surface area contributed by atoms with E-state index in [1.54, 1.807) is 0 Å². The zero-order valence-electron chi connectivity index (χ0n) is 8.22. The summed E-state index contributed by atoms with van der Waals surface area (Å²) in [6.45, 7) is 12.6. The maximum absolute atomic E-state index is 3.93. The lowest BCUT2D eigenvalue weighted by atomic mass is 9.90. The molecule has 0 spiro atoms. The molecule has 0 heteroatoms. The Kier molecular flexibility index (Phi) is 4.93. The summed E-state index contributed by atoms with van der Waals surface area (Å²) in [5.41, 5.74) is 1.28. The molecule has 0 aromatic heterocycles. The summed E-state index contributed by atoms with van der Waals surface area (Å²) in [5, 5.41) is 0. The fourth-order valence-electron chi connectivity index (χ4n) is 1.18. The highest BCUT2D eigenvalue weighted by Crippen LogP contribution is 2.20. The van der Waals surface area contributed by atoms with Crippen LogP contribution in [0.2, 0.25) is 0 Å². The standard InChI is InChI=1S/C11H20/c1-6-7-11(10(4)5)8-9(2)3/h6-7,10-11H,2,8H2,1,3-5H3. The fourth-order valence-corrected chi connectivity index (χ4v) is 1.18. The minimum Gasteiger partial charge on any atom is -0.100 e. The first-order valence-corrected chi connectivity index (χ1v) is 4.35. The second kappa shape index (κ2) is 5.17. The molecule has 0 fully saturated rings. The van der Waals surface area contributed by atoms with Crippen molar-refractivity contribution in [3.05, 3.63) is 24.3 Å². The van der Waals surface area contributed by atoms with Crippen molar-refractivity contribution in [2.75, 3.05) is 0 Å². The van der Waals surface area contributed by atoms with Crippen LogP contribution in [0.1, 0.15) is 34.1 Å². The average Bonchev–Trinajstić information content (AvgIpc) is 1.86. The molecular weight excluding hydrogens is 132 g/mol. The summed E-state index contributed by atoms with van der Waals surface area (Å²) in [7, 11) is 0. The van der Waals surface area contributed by atoms with Crippen molar-refractivity contribution in [2.45, 2.75) is 34.1 Å². The molecule has 0 bridgehead atoms. The first-order valence-electron chi connectivity index (χ1n) is 4.35. The lowest BCUT2D eigenvalue weighted by Gasteiger charge is -2.16. The molecule has 0 amide bonds. The largest absolute Gasteiger partial charge is 0.100 e. The van der Waals surface area contributed by atoms with Gasteiger partial charge in [-0.3, -0.25) is 0 Å². The van der Waals surface area contributed by atoms with Gasteiger partial charge in [0.15, 0.2) is 0 Å². The molecule has 0 aliphatic rings. The minimum absolute atomic E-state index is 0.678. The van der Waals surface area contributed by atoms with Crippen LogP contribution in [0.3, 0.4) is 0 Å². The Balaban J connectivity index is 4.00. The van der Waals surface area contributed by atoms with E-state index in [1.165, 1.54) is 5.57 Å². The van der Waals surface area contributed by atoms with Gasteiger partial charge in [-0.15, -0.1) is 6.58 Å². The third-order valence-corrected chi connectivity index (χ3v) is 1.88. The Morgan fingerprint density at radius 2 is 2.00 bits per heavy atom. The van der Waals surface area contributed by atoms with Crippen LogP contribution in [0.15, 0.2) is 24.3 Å². The maximum Gasteiger partial charge on any atom is -0.0173 e. The molecular formula is C11H20. The van der Waals surface area contributed by atoms with E-state index < -0.39 is 0 Å². The normalized spacial score (nSPS) is 14.3. The molecule has 11 heavy (non-hydrogen) atoms. The van der Waals surface area contributed by atoms with E-state index in [9.17, 15) is 0 Å². The molecule has 0 aromatic carbocycles. The zero-order valence-corrected chi connectivity index (χ0v) is 8.22. The van der Waals surface area contributed by atoms with Crippen molar-refractivity contribution in [3.8, 4) is 0 Å². The molecule has 0 N–H and O–H groups in total. The van der Waals surface area contributed by atoms with E-state index in [-0.39, 0.29) is 0 Å². The van der Waals surface area contributed by atoms with Gasteiger partial charge in [-0.1, -0.05) is 31.6 Å². The van der Waals surface area contributed by atoms with Gasteiger partial charge in [0, 0.05) is 0 Å². The Hall–Kier alpha value is -0.520. The Morgan fingerprint density at radius 1 is 1.45 bits per heavy atom. The van der Waals surface area contributed by atoms with Gasteiger partial charge >= 0.3 is 0 Å². The first kappa shape index (κ1) is 10.5. The van der Waals surface area contributed by atoms with Gasteiger partial charge in [0.05, 0.1) is 0 Å². The molecule has 0 aromatic rings. The number of rotatable bonds is 4. The molecule has 0 rings (SSSR count). The molecule has 0 aliphatic carbocycles. The molecule has 0 heterocycles. The molecule has 0 aliphatic heterocycles. The number of hydrogen-bond acceptors (Lipinski definition) is 0. The molecule has 0 nitrogen and oxygen atoms in total. The average molecular weight is 152 g/mol. The summed E-state index contributed by atoms with van der Waals surface area (Å²) in [6, 6.07) is 0. The van der Waals surface area contributed by atoms with Gasteiger partial charge in [0.25, 0.3) is 0 Å². The van der Waals surface area contributed by atoms with Gasteiger partial charge in [-0.05, 0) is 32.1 Å². The van der Waals surface area contributed by atoms with Gasteiger partial charge in [-0.25, -0.2) is 0 Å². The van der Waals surface area contributed by atoms with Crippen LogP contribution >= 0.6 is 0 Å². The van der Waals surface area contributed by atoms with Gasteiger partial charge in [0.2, 0.25) is 0 Å². The molecule has 0 saturated carbocycles. The van der Waals surface area contributed by atoms with Crippen LogP contribution < -0.4 is 0 Å². The molecule has 64 valence electrons. The van der Waals surface area contributed by atoms with E-state index in [1.807, 2.05) is 0 Å². The predicted octanol–water partition coefficient (Wildman–Crippen LogP) is 3.80. The van der Waals surface area contributed by atoms with Crippen LogP contribution in [0.25, 0.3) is 0 Å². The Labute approximate surface area is 71.0 Å². The van der Waals surface area contributed by atoms with E-state index in [2.05, 4.69) is 46.4 Å². The number of allylic oxidation sites excluding steroid dienone is 3. The highest BCUT2D eigenvalue weighted by atomic mass is 14.1. The van der Waals surface area contributed by atoms with E-state index in [4.69, 9.17) is 0 Å². The van der Waals surface area contributed by atoms with Crippen LogP contribution in [0.4, 0.5) is 0 Å². The van der Waals surface area contributed by atoms with Crippen molar-refractivity contribution in [2.24, 2.45) is 11.8 Å². The zero-order chi connectivity index (χ0) is 8.85. The third kappa shape index (κ3) is 4.83. The van der Waals surface area contributed by atoms with E-state index >= 15 is 0 Å². The van der Waals surface area contributed by atoms with Crippen molar-refractivity contribution in [1.29, 1.82) is 0 Å². The molecule has 0 saturated heterocycles. The van der Waals surface area contributed by atoms with Crippen molar-refractivity contribution < 1.29 is 0 Å². The fraction of sp³-hybridized carbons (Fsp3) is 0.636. The highest BCUT2D eigenvalue weighted by molar-refractivity contribution is 4.98. The lowest BCUT2D eigenvalue weighted by Crippen LogP contribution is -2.05. The summed E-state index contributed by atoms with van der Waals surface area (Å²) in [6.07, 6.45) is 5.54. The van der Waals surface area contributed by atoms with Crippen LogP contribution in [0.5, 0.6) is 0 Å². The van der Waals surface area contributed by atoms with Crippen LogP contribution in [0, 0.1) is 11.8 Å². The van der Waals surface area contributed by atoms with Crippen molar-refractivity contribution in [1.82, 2.24) is 0 Å². The van der Waals surface area contributed by atoms with Crippen molar-refractivity contribution >= 4 is 0 Å². The Bertz CT molecular complexity index is 140. The third-order valence-electron chi connectivity index (χ3n) is 1.88. The molecule has 1 atom stereocenters. The van der Waals surface area contributed by atoms with E-state index in [0.717, 1.165) is 12.3 Å². The summed E-state index contributed by atoms with van der Waals surface area (Å²) in [4.78, 5) is 0. The molecule has 0 radical (unpaired) electrons. The SMILES string of the molecule is C=C(C)CC(C=CC)C(C)C. The smallest absolute Gasteiger partial charge is 0.0173 e. The van der Waals surface area contributed by atoms with Gasteiger partial charge in [0.1, 0.15) is 0 Å². The highest BCUT2D eigenvalue weighted by Gasteiger charge is 2.08. The summed E-state index contributed by atoms with van der Waals surface area (Å²) in [5.74, 6) is 1.40. The monoisotopic (exact) mass is 152 g/mol. The molecule has 1 unspecified atom stereocenters. The maximum atomic E-state index is 3.93. The number of hydrogen-bond donors (Lipinski definition) is 0. The van der Waals surface area contributed by atoms with Crippen LogP contribution in [-0.4, -0.2) is 0 Å². The topological polar surface area (TPSA) is 0 Å².